The Balaban J connectivity index is 1.65. The minimum atomic E-state index is -0.669. The van der Waals surface area contributed by atoms with Gasteiger partial charge in [-0.1, -0.05) is 24.3 Å². The maximum atomic E-state index is 10.5. The number of hydrogen-bond acceptors (Lipinski definition) is 4. The van der Waals surface area contributed by atoms with Gasteiger partial charge in [-0.15, -0.1) is 0 Å². The second kappa shape index (κ2) is 5.59. The molecule has 1 atom stereocenters. The molecule has 2 saturated heterocycles. The lowest BCUT2D eigenvalue weighted by Crippen LogP contribution is -2.35. The van der Waals surface area contributed by atoms with Crippen LogP contribution in [0.5, 0.6) is 0 Å². The van der Waals surface area contributed by atoms with Crippen molar-refractivity contribution in [2.24, 2.45) is 0 Å². The lowest BCUT2D eigenvalue weighted by molar-refractivity contribution is 0.0341. The molecule has 0 bridgehead atoms. The predicted octanol–water partition coefficient (Wildman–Crippen LogP) is 0.700. The van der Waals surface area contributed by atoms with Crippen LogP contribution < -0.4 is 5.32 Å². The van der Waals surface area contributed by atoms with Gasteiger partial charge in [0.1, 0.15) is 5.60 Å². The van der Waals surface area contributed by atoms with Gasteiger partial charge in [0.05, 0.1) is 13.2 Å². The van der Waals surface area contributed by atoms with Crippen molar-refractivity contribution in [3.05, 3.63) is 35.4 Å². The summed E-state index contributed by atoms with van der Waals surface area (Å²) in [6, 6.07) is 8.42. The Labute approximate surface area is 114 Å². The van der Waals surface area contributed by atoms with Crippen LogP contribution in [0.25, 0.3) is 0 Å². The van der Waals surface area contributed by atoms with E-state index >= 15 is 0 Å². The first-order valence-electron chi connectivity index (χ1n) is 7.09. The van der Waals surface area contributed by atoms with E-state index in [4.69, 9.17) is 4.74 Å². The third kappa shape index (κ3) is 2.98. The minimum absolute atomic E-state index is 0.663. The van der Waals surface area contributed by atoms with E-state index in [0.29, 0.717) is 6.54 Å². The maximum absolute atomic E-state index is 10.5. The zero-order chi connectivity index (χ0) is 13.1. The van der Waals surface area contributed by atoms with Gasteiger partial charge in [-0.25, -0.2) is 0 Å². The summed E-state index contributed by atoms with van der Waals surface area (Å²) in [5.41, 5.74) is 1.67. The van der Waals surface area contributed by atoms with Crippen LogP contribution in [-0.4, -0.2) is 49.4 Å². The number of nitrogens with one attached hydrogen (secondary N) is 1. The molecule has 0 spiro atoms. The number of benzene rings is 1. The molecule has 2 N–H and O–H groups in total. The van der Waals surface area contributed by atoms with E-state index < -0.39 is 5.60 Å². The molecule has 1 aromatic rings. The van der Waals surface area contributed by atoms with Gasteiger partial charge in [0.2, 0.25) is 0 Å². The molecule has 2 aliphatic heterocycles. The largest absolute Gasteiger partial charge is 0.384 e. The average Bonchev–Trinajstić information content (AvgIpc) is 2.89. The molecule has 2 heterocycles. The predicted molar refractivity (Wildman–Crippen MR) is 73.9 cm³/mol. The monoisotopic (exact) mass is 262 g/mol. The third-order valence-corrected chi connectivity index (χ3v) is 4.13. The standard InChI is InChI=1S/C15H22N2O2/c18-15(5-6-16-12-15)14-3-1-13(2-4-14)11-17-7-9-19-10-8-17/h1-4,16,18H,5-12H2. The van der Waals surface area contributed by atoms with Gasteiger partial charge >= 0.3 is 0 Å². The highest BCUT2D eigenvalue weighted by Gasteiger charge is 2.32. The van der Waals surface area contributed by atoms with Crippen molar-refractivity contribution in [2.75, 3.05) is 39.4 Å². The lowest BCUT2D eigenvalue weighted by Gasteiger charge is -2.27. The Morgan fingerprint density at radius 3 is 2.58 bits per heavy atom. The first-order valence-corrected chi connectivity index (χ1v) is 7.09. The molecular weight excluding hydrogens is 240 g/mol. The molecule has 104 valence electrons. The maximum Gasteiger partial charge on any atom is 0.103 e. The fraction of sp³-hybridized carbons (Fsp3) is 0.600. The Kier molecular flexibility index (Phi) is 3.84. The summed E-state index contributed by atoms with van der Waals surface area (Å²) in [5.74, 6) is 0. The fourth-order valence-corrected chi connectivity index (χ4v) is 2.86. The second-order valence-electron chi connectivity index (χ2n) is 5.54. The smallest absolute Gasteiger partial charge is 0.103 e. The highest BCUT2D eigenvalue weighted by molar-refractivity contribution is 5.28. The normalized spacial score (nSPS) is 28.7. The Bertz CT molecular complexity index is 407. The van der Waals surface area contributed by atoms with Crippen LogP contribution in [0, 0.1) is 0 Å². The Morgan fingerprint density at radius 1 is 1.21 bits per heavy atom. The summed E-state index contributed by atoms with van der Waals surface area (Å²) in [6.07, 6.45) is 0.801. The first kappa shape index (κ1) is 13.1. The second-order valence-corrected chi connectivity index (χ2v) is 5.54. The Hall–Kier alpha value is -0.940. The quantitative estimate of drug-likeness (QED) is 0.842. The highest BCUT2D eigenvalue weighted by atomic mass is 16.5. The van der Waals surface area contributed by atoms with Crippen molar-refractivity contribution in [1.82, 2.24) is 10.2 Å². The van der Waals surface area contributed by atoms with E-state index in [9.17, 15) is 5.11 Å². The number of morpholine rings is 1. The molecule has 0 aromatic heterocycles. The van der Waals surface area contributed by atoms with Crippen molar-refractivity contribution < 1.29 is 9.84 Å². The summed E-state index contributed by atoms with van der Waals surface area (Å²) in [6.45, 7) is 6.22. The van der Waals surface area contributed by atoms with Gasteiger partial charge in [-0.3, -0.25) is 4.90 Å². The molecule has 0 radical (unpaired) electrons. The number of aliphatic hydroxyl groups is 1. The van der Waals surface area contributed by atoms with Gasteiger partial charge in [0.15, 0.2) is 0 Å². The lowest BCUT2D eigenvalue weighted by atomic mass is 9.92. The van der Waals surface area contributed by atoms with E-state index in [1.165, 1.54) is 5.56 Å². The van der Waals surface area contributed by atoms with Crippen LogP contribution in [0.1, 0.15) is 17.5 Å². The number of rotatable bonds is 3. The Morgan fingerprint density at radius 2 is 1.95 bits per heavy atom. The molecule has 2 fully saturated rings. The minimum Gasteiger partial charge on any atom is -0.384 e. The summed E-state index contributed by atoms with van der Waals surface area (Å²) >= 11 is 0. The van der Waals surface area contributed by atoms with Crippen LogP contribution >= 0.6 is 0 Å². The molecule has 4 nitrogen and oxygen atoms in total. The number of ether oxygens (including phenoxy) is 1. The third-order valence-electron chi connectivity index (χ3n) is 4.13. The molecule has 0 saturated carbocycles. The van der Waals surface area contributed by atoms with Crippen molar-refractivity contribution >= 4 is 0 Å². The SMILES string of the molecule is OC1(c2ccc(CN3CCOCC3)cc2)CCNC1. The number of nitrogens with zero attached hydrogens (tertiary/aromatic N) is 1. The van der Waals surface area contributed by atoms with Crippen LogP contribution in [0.2, 0.25) is 0 Å². The van der Waals surface area contributed by atoms with Crippen LogP contribution in [0.3, 0.4) is 0 Å². The molecular formula is C15H22N2O2. The van der Waals surface area contributed by atoms with Crippen LogP contribution in [-0.2, 0) is 16.9 Å². The molecule has 4 heteroatoms. The number of β-amino-alcohol motifs (C(OH)–C–C–N with tert-alkyl or cyclic N) is 1. The summed E-state index contributed by atoms with van der Waals surface area (Å²) in [7, 11) is 0. The van der Waals surface area contributed by atoms with Crippen molar-refractivity contribution in [1.29, 1.82) is 0 Å². The van der Waals surface area contributed by atoms with Crippen LogP contribution in [0.15, 0.2) is 24.3 Å². The van der Waals surface area contributed by atoms with Crippen molar-refractivity contribution in [3.8, 4) is 0 Å². The van der Waals surface area contributed by atoms with E-state index in [0.717, 1.165) is 51.4 Å². The van der Waals surface area contributed by atoms with Gasteiger partial charge < -0.3 is 15.2 Å². The van der Waals surface area contributed by atoms with E-state index in [1.807, 2.05) is 0 Å². The van der Waals surface area contributed by atoms with Gasteiger partial charge in [-0.2, -0.15) is 0 Å². The van der Waals surface area contributed by atoms with Gasteiger partial charge in [0.25, 0.3) is 0 Å². The summed E-state index contributed by atoms with van der Waals surface area (Å²) in [5, 5.41) is 13.7. The van der Waals surface area contributed by atoms with Crippen molar-refractivity contribution in [3.63, 3.8) is 0 Å². The molecule has 19 heavy (non-hydrogen) atoms. The summed E-state index contributed by atoms with van der Waals surface area (Å²) < 4.78 is 5.36. The zero-order valence-corrected chi connectivity index (χ0v) is 11.3. The fourth-order valence-electron chi connectivity index (χ4n) is 2.86. The molecule has 1 unspecified atom stereocenters. The number of hydrogen-bond donors (Lipinski definition) is 2. The van der Waals surface area contributed by atoms with Gasteiger partial charge in [0, 0.05) is 26.2 Å². The molecule has 0 amide bonds. The molecule has 3 rings (SSSR count). The molecule has 0 aliphatic carbocycles. The first-order chi connectivity index (χ1) is 9.26. The van der Waals surface area contributed by atoms with E-state index in [2.05, 4.69) is 34.5 Å². The van der Waals surface area contributed by atoms with Crippen LogP contribution in [0.4, 0.5) is 0 Å². The highest BCUT2D eigenvalue weighted by Crippen LogP contribution is 2.27. The van der Waals surface area contributed by atoms with Gasteiger partial charge in [-0.05, 0) is 24.1 Å². The average molecular weight is 262 g/mol. The summed E-state index contributed by atoms with van der Waals surface area (Å²) in [4.78, 5) is 2.41. The zero-order valence-electron chi connectivity index (χ0n) is 11.3. The molecule has 2 aliphatic rings. The topological polar surface area (TPSA) is 44.7 Å². The van der Waals surface area contributed by atoms with E-state index in [1.54, 1.807) is 0 Å². The van der Waals surface area contributed by atoms with Crippen molar-refractivity contribution in [2.45, 2.75) is 18.6 Å². The molecule has 1 aromatic carbocycles. The van der Waals surface area contributed by atoms with E-state index in [-0.39, 0.29) is 0 Å².